The highest BCUT2D eigenvalue weighted by Crippen LogP contribution is 2.27. The van der Waals surface area contributed by atoms with Crippen molar-refractivity contribution in [2.24, 2.45) is 0 Å². The summed E-state index contributed by atoms with van der Waals surface area (Å²) in [4.78, 5) is 33.8. The number of pyridine rings is 1. The molecule has 33 heavy (non-hydrogen) atoms. The Kier molecular flexibility index (Phi) is 6.34. The first-order valence-electron chi connectivity index (χ1n) is 10.6. The molecule has 0 atom stereocenters. The number of imidazole rings is 1. The van der Waals surface area contributed by atoms with Crippen molar-refractivity contribution in [2.75, 3.05) is 7.11 Å². The minimum Gasteiger partial charge on any atom is -0.494 e. The molecule has 0 aliphatic carbocycles. The fraction of sp³-hybridized carbons (Fsp3) is 0.261. The summed E-state index contributed by atoms with van der Waals surface area (Å²) in [5.74, 6) is -0.404. The van der Waals surface area contributed by atoms with Crippen LogP contribution in [0.2, 0.25) is 0 Å². The summed E-state index contributed by atoms with van der Waals surface area (Å²) in [6.07, 6.45) is 6.08. The van der Waals surface area contributed by atoms with Crippen LogP contribution in [0.3, 0.4) is 0 Å². The average molecular weight is 447 g/mol. The van der Waals surface area contributed by atoms with E-state index < -0.39 is 11.8 Å². The van der Waals surface area contributed by atoms with Gasteiger partial charge >= 0.3 is 0 Å². The lowest BCUT2D eigenvalue weighted by atomic mass is 10.1. The van der Waals surface area contributed by atoms with Crippen LogP contribution in [-0.2, 0) is 19.5 Å². The van der Waals surface area contributed by atoms with Crippen molar-refractivity contribution in [2.45, 2.75) is 33.4 Å². The van der Waals surface area contributed by atoms with Gasteiger partial charge in [-0.2, -0.15) is 5.10 Å². The van der Waals surface area contributed by atoms with E-state index in [1.54, 1.807) is 49.4 Å². The number of carbonyl (C=O) groups is 2. The summed E-state index contributed by atoms with van der Waals surface area (Å²) in [5, 5.41) is 4.24. The number of rotatable bonds is 7. The Hall–Kier alpha value is -4.21. The normalized spacial score (nSPS) is 10.9. The number of aromatic nitrogens is 5. The number of nitrogens with one attached hydrogen (secondary N) is 2. The van der Waals surface area contributed by atoms with Crippen molar-refractivity contribution in [3.05, 3.63) is 71.6 Å². The smallest absolute Gasteiger partial charge is 0.287 e. The fourth-order valence-electron chi connectivity index (χ4n) is 3.64. The fourth-order valence-corrected chi connectivity index (χ4v) is 3.64. The van der Waals surface area contributed by atoms with Crippen LogP contribution in [0.4, 0.5) is 0 Å². The van der Waals surface area contributed by atoms with E-state index in [1.165, 1.54) is 0 Å². The molecule has 10 nitrogen and oxygen atoms in total. The summed E-state index contributed by atoms with van der Waals surface area (Å²) in [6.45, 7) is 4.92. The van der Waals surface area contributed by atoms with Gasteiger partial charge in [0.25, 0.3) is 11.8 Å². The maximum atomic E-state index is 12.7. The number of nitrogens with zero attached hydrogens (tertiary/aromatic N) is 5. The third-order valence-corrected chi connectivity index (χ3v) is 5.25. The summed E-state index contributed by atoms with van der Waals surface area (Å²) < 4.78 is 9.10. The van der Waals surface area contributed by atoms with Crippen molar-refractivity contribution < 1.29 is 14.3 Å². The molecule has 0 spiro atoms. The van der Waals surface area contributed by atoms with Crippen molar-refractivity contribution in [1.82, 2.24) is 35.2 Å². The summed E-state index contributed by atoms with van der Waals surface area (Å²) in [5.41, 5.74) is 8.84. The van der Waals surface area contributed by atoms with Crippen LogP contribution in [0.1, 0.15) is 39.0 Å². The van der Waals surface area contributed by atoms with E-state index in [0.29, 0.717) is 35.6 Å². The average Bonchev–Trinajstić information content (AvgIpc) is 3.43. The minimum atomic E-state index is -0.479. The first-order chi connectivity index (χ1) is 16.0. The number of benzene rings is 1. The highest BCUT2D eigenvalue weighted by Gasteiger charge is 2.17. The first-order valence-corrected chi connectivity index (χ1v) is 10.6. The molecule has 3 heterocycles. The molecule has 0 saturated heterocycles. The maximum Gasteiger partial charge on any atom is 0.287 e. The predicted molar refractivity (Wildman–Crippen MR) is 122 cm³/mol. The third kappa shape index (κ3) is 4.69. The molecule has 4 aromatic rings. The number of hydrazine groups is 1. The van der Waals surface area contributed by atoms with Crippen LogP contribution in [0.15, 0.2) is 49.1 Å². The Bertz CT molecular complexity index is 1290. The second-order valence-corrected chi connectivity index (χ2v) is 7.49. The van der Waals surface area contributed by atoms with E-state index in [1.807, 2.05) is 29.8 Å². The van der Waals surface area contributed by atoms with E-state index in [0.717, 1.165) is 23.2 Å². The SMILES string of the molecule is CCn1nc(C)cc1C(=O)NNC(=O)c1cc(OC)c2c(c1)ncn2CCc1cccnc1. The highest BCUT2D eigenvalue weighted by atomic mass is 16.5. The minimum absolute atomic E-state index is 0.317. The standard InChI is InChI=1S/C23H25N7O3/c1-4-30-19(10-15(2)28-30)23(32)27-26-22(31)17-11-18-21(20(12-17)33-3)29(14-25-18)9-7-16-6-5-8-24-13-16/h5-6,8,10-14H,4,7,9H2,1-3H3,(H,26,31)(H,27,32). The molecule has 0 aliphatic rings. The van der Waals surface area contributed by atoms with Crippen molar-refractivity contribution in [1.29, 1.82) is 0 Å². The Morgan fingerprint density at radius 1 is 1.15 bits per heavy atom. The van der Waals surface area contributed by atoms with Gasteiger partial charge in [-0.05, 0) is 50.1 Å². The van der Waals surface area contributed by atoms with Gasteiger partial charge < -0.3 is 9.30 Å². The third-order valence-electron chi connectivity index (χ3n) is 5.25. The molecule has 3 aromatic heterocycles. The first kappa shape index (κ1) is 22.0. The lowest BCUT2D eigenvalue weighted by Crippen LogP contribution is -2.42. The molecule has 2 N–H and O–H groups in total. The second-order valence-electron chi connectivity index (χ2n) is 7.49. The zero-order chi connectivity index (χ0) is 23.4. The molecule has 0 aliphatic heterocycles. The van der Waals surface area contributed by atoms with Crippen LogP contribution in [0.25, 0.3) is 11.0 Å². The van der Waals surface area contributed by atoms with Crippen LogP contribution >= 0.6 is 0 Å². The number of methoxy groups -OCH3 is 1. The lowest BCUT2D eigenvalue weighted by molar-refractivity contribution is 0.0840. The van der Waals surface area contributed by atoms with Gasteiger partial charge in [0.2, 0.25) is 0 Å². The van der Waals surface area contributed by atoms with Gasteiger partial charge in [-0.1, -0.05) is 6.07 Å². The Morgan fingerprint density at radius 2 is 1.97 bits per heavy atom. The number of fused-ring (bicyclic) bond motifs is 1. The Labute approximate surface area is 190 Å². The predicted octanol–water partition coefficient (Wildman–Crippen LogP) is 2.28. The molecule has 4 rings (SSSR count). The molecular formula is C23H25N7O3. The topological polar surface area (TPSA) is 116 Å². The summed E-state index contributed by atoms with van der Waals surface area (Å²) in [7, 11) is 1.55. The van der Waals surface area contributed by atoms with Crippen LogP contribution in [0, 0.1) is 6.92 Å². The van der Waals surface area contributed by atoms with Crippen LogP contribution < -0.4 is 15.6 Å². The molecule has 10 heteroatoms. The van der Waals surface area contributed by atoms with E-state index in [9.17, 15) is 9.59 Å². The molecule has 170 valence electrons. The van der Waals surface area contributed by atoms with E-state index in [-0.39, 0.29) is 0 Å². The van der Waals surface area contributed by atoms with Gasteiger partial charge in [-0.25, -0.2) is 4.98 Å². The number of hydrogen-bond acceptors (Lipinski definition) is 6. The van der Waals surface area contributed by atoms with Crippen molar-refractivity contribution in [3.63, 3.8) is 0 Å². The number of ether oxygens (including phenoxy) is 1. The largest absolute Gasteiger partial charge is 0.494 e. The zero-order valence-electron chi connectivity index (χ0n) is 18.7. The van der Waals surface area contributed by atoms with Gasteiger partial charge in [0.05, 0.1) is 24.6 Å². The Morgan fingerprint density at radius 3 is 2.70 bits per heavy atom. The van der Waals surface area contributed by atoms with Gasteiger partial charge in [0.1, 0.15) is 17.0 Å². The lowest BCUT2D eigenvalue weighted by Gasteiger charge is -2.11. The molecule has 1 aromatic carbocycles. The van der Waals surface area contributed by atoms with Gasteiger partial charge in [0, 0.05) is 31.0 Å². The van der Waals surface area contributed by atoms with Crippen molar-refractivity contribution >= 4 is 22.8 Å². The zero-order valence-corrected chi connectivity index (χ0v) is 18.7. The molecule has 0 unspecified atom stereocenters. The van der Waals surface area contributed by atoms with E-state index in [2.05, 4.69) is 25.9 Å². The van der Waals surface area contributed by atoms with Gasteiger partial charge in [0.15, 0.2) is 0 Å². The molecule has 0 fully saturated rings. The van der Waals surface area contributed by atoms with Gasteiger partial charge in [-0.15, -0.1) is 0 Å². The van der Waals surface area contributed by atoms with E-state index >= 15 is 0 Å². The summed E-state index contributed by atoms with van der Waals surface area (Å²) >= 11 is 0. The molecular weight excluding hydrogens is 422 g/mol. The van der Waals surface area contributed by atoms with Gasteiger partial charge in [-0.3, -0.25) is 30.1 Å². The quantitative estimate of drug-likeness (QED) is 0.420. The molecule has 0 bridgehead atoms. The van der Waals surface area contributed by atoms with Crippen LogP contribution in [0.5, 0.6) is 5.75 Å². The monoisotopic (exact) mass is 447 g/mol. The maximum absolute atomic E-state index is 12.7. The Balaban J connectivity index is 1.49. The molecule has 2 amide bonds. The second kappa shape index (κ2) is 9.51. The van der Waals surface area contributed by atoms with E-state index in [4.69, 9.17) is 4.74 Å². The highest BCUT2D eigenvalue weighted by molar-refractivity contribution is 6.01. The number of hydrogen-bond donors (Lipinski definition) is 2. The summed E-state index contributed by atoms with van der Waals surface area (Å²) in [6, 6.07) is 8.89. The number of aryl methyl sites for hydroxylation is 4. The number of carbonyl (C=O) groups excluding carboxylic acids is 2. The number of amides is 2. The van der Waals surface area contributed by atoms with Crippen LogP contribution in [-0.4, -0.2) is 43.2 Å². The molecule has 0 radical (unpaired) electrons. The van der Waals surface area contributed by atoms with Crippen molar-refractivity contribution in [3.8, 4) is 5.75 Å². The molecule has 0 saturated carbocycles.